The minimum absolute atomic E-state index is 0.214. The molecule has 2 heterocycles. The molecule has 0 unspecified atom stereocenters. The topological polar surface area (TPSA) is 78.5 Å². The fourth-order valence-corrected chi connectivity index (χ4v) is 5.23. The zero-order valence-electron chi connectivity index (χ0n) is 19.9. The van der Waals surface area contributed by atoms with E-state index in [4.69, 9.17) is 0 Å². The predicted molar refractivity (Wildman–Crippen MR) is 124 cm³/mol. The van der Waals surface area contributed by atoms with Gasteiger partial charge in [-0.3, -0.25) is 14.4 Å². The van der Waals surface area contributed by atoms with Crippen LogP contribution in [0.25, 0.3) is 0 Å². The Balaban J connectivity index is 1.57. The monoisotopic (exact) mass is 505 g/mol. The number of alkyl halides is 2. The molecule has 0 radical (unpaired) electrons. The van der Waals surface area contributed by atoms with Crippen LogP contribution in [0, 0.1) is 18.6 Å². The van der Waals surface area contributed by atoms with E-state index in [2.05, 4.69) is 10.6 Å². The van der Waals surface area contributed by atoms with Crippen LogP contribution in [0.4, 0.5) is 23.2 Å². The van der Waals surface area contributed by atoms with Crippen molar-refractivity contribution in [3.05, 3.63) is 64.7 Å². The lowest BCUT2D eigenvalue weighted by atomic mass is 9.81. The Morgan fingerprint density at radius 1 is 0.972 bits per heavy atom. The number of rotatable bonds is 5. The first kappa shape index (κ1) is 25.7. The predicted octanol–water partition coefficient (Wildman–Crippen LogP) is 4.67. The molecule has 2 bridgehead atoms. The number of halogens is 4. The number of nitrogens with zero attached hydrogens (tertiary/aromatic N) is 1. The first-order chi connectivity index (χ1) is 17.0. The molecule has 2 N–H and O–H groups in total. The van der Waals surface area contributed by atoms with Crippen LogP contribution < -0.4 is 10.6 Å². The van der Waals surface area contributed by atoms with E-state index in [1.165, 1.54) is 26.0 Å². The normalized spacial score (nSPS) is 21.6. The van der Waals surface area contributed by atoms with Crippen LogP contribution in [0.5, 0.6) is 0 Å². The van der Waals surface area contributed by atoms with E-state index in [0.29, 0.717) is 31.7 Å². The molecule has 2 aromatic rings. The van der Waals surface area contributed by atoms with Gasteiger partial charge in [0.2, 0.25) is 5.91 Å². The van der Waals surface area contributed by atoms with Crippen molar-refractivity contribution in [2.75, 3.05) is 5.32 Å². The van der Waals surface area contributed by atoms with Crippen LogP contribution in [0.3, 0.4) is 0 Å². The van der Waals surface area contributed by atoms with E-state index in [1.54, 1.807) is 0 Å². The molecule has 4 rings (SSSR count). The molecule has 2 aliphatic heterocycles. The Morgan fingerprint density at radius 3 is 2.22 bits per heavy atom. The molecule has 3 atom stereocenters. The van der Waals surface area contributed by atoms with Crippen molar-refractivity contribution in [2.45, 2.75) is 70.0 Å². The first-order valence-electron chi connectivity index (χ1n) is 11.8. The number of anilines is 1. The standard InChI is InChI=1S/C26H27F4N3O3/c1-14-10-17(7-9-22(14)27)32-24(35)16-6-8-23(28)21(11-16)26(29,30)25(36)33-19-4-3-5-20(33)13-18(12-19)31-15(2)34/h6-11,18-20H,3-5,12-13H2,1-2H3,(H,31,34)(H,32,35)/t18-,19+,20-. The molecule has 36 heavy (non-hydrogen) atoms. The maximum atomic E-state index is 15.5. The summed E-state index contributed by atoms with van der Waals surface area (Å²) in [6, 6.07) is 5.08. The summed E-state index contributed by atoms with van der Waals surface area (Å²) < 4.78 is 59.1. The van der Waals surface area contributed by atoms with Crippen molar-refractivity contribution in [1.29, 1.82) is 0 Å². The molecule has 0 saturated carbocycles. The van der Waals surface area contributed by atoms with Crippen LogP contribution in [0.2, 0.25) is 0 Å². The quantitative estimate of drug-likeness (QED) is 0.580. The van der Waals surface area contributed by atoms with E-state index < -0.39 is 47.0 Å². The number of piperidine rings is 2. The van der Waals surface area contributed by atoms with Crippen molar-refractivity contribution < 1.29 is 31.9 Å². The Hall–Kier alpha value is -3.43. The summed E-state index contributed by atoms with van der Waals surface area (Å²) in [6.45, 7) is 2.88. The number of benzene rings is 2. The van der Waals surface area contributed by atoms with E-state index in [1.807, 2.05) is 0 Å². The van der Waals surface area contributed by atoms with Crippen molar-refractivity contribution in [2.24, 2.45) is 0 Å². The summed E-state index contributed by atoms with van der Waals surface area (Å²) in [6.07, 6.45) is 2.48. The number of aryl methyl sites for hydroxylation is 1. The first-order valence-corrected chi connectivity index (χ1v) is 11.8. The molecule has 2 aromatic carbocycles. The largest absolute Gasteiger partial charge is 0.353 e. The lowest BCUT2D eigenvalue weighted by molar-refractivity contribution is -0.170. The van der Waals surface area contributed by atoms with Gasteiger partial charge in [-0.15, -0.1) is 0 Å². The smallest absolute Gasteiger partial charge is 0.352 e. The number of fused-ring (bicyclic) bond motifs is 2. The van der Waals surface area contributed by atoms with Gasteiger partial charge in [0, 0.05) is 36.3 Å². The molecule has 2 fully saturated rings. The van der Waals surface area contributed by atoms with Gasteiger partial charge >= 0.3 is 5.92 Å². The number of hydrogen-bond donors (Lipinski definition) is 2. The molecule has 2 saturated heterocycles. The zero-order valence-corrected chi connectivity index (χ0v) is 19.9. The second-order valence-electron chi connectivity index (χ2n) is 9.51. The van der Waals surface area contributed by atoms with Crippen LogP contribution in [-0.2, 0) is 15.5 Å². The second-order valence-corrected chi connectivity index (χ2v) is 9.51. The minimum atomic E-state index is -4.21. The van der Waals surface area contributed by atoms with Crippen LogP contribution >= 0.6 is 0 Å². The summed E-state index contributed by atoms with van der Waals surface area (Å²) in [5.74, 6) is -8.53. The number of carbonyl (C=O) groups is 3. The summed E-state index contributed by atoms with van der Waals surface area (Å²) >= 11 is 0. The Kier molecular flexibility index (Phi) is 7.06. The average molecular weight is 506 g/mol. The molecular weight excluding hydrogens is 478 g/mol. The maximum absolute atomic E-state index is 15.5. The molecule has 6 nitrogen and oxygen atoms in total. The second kappa shape index (κ2) is 9.91. The highest BCUT2D eigenvalue weighted by molar-refractivity contribution is 6.04. The maximum Gasteiger partial charge on any atom is 0.352 e. The Labute approximate surface area is 206 Å². The van der Waals surface area contributed by atoms with Gasteiger partial charge in [-0.2, -0.15) is 8.78 Å². The molecule has 192 valence electrons. The van der Waals surface area contributed by atoms with Gasteiger partial charge in [0.05, 0.1) is 5.56 Å². The lowest BCUT2D eigenvalue weighted by Gasteiger charge is -2.49. The number of amides is 3. The average Bonchev–Trinajstić information content (AvgIpc) is 2.80. The third kappa shape index (κ3) is 5.08. The van der Waals surface area contributed by atoms with Gasteiger partial charge in [-0.05, 0) is 81.0 Å². The van der Waals surface area contributed by atoms with Gasteiger partial charge in [0.1, 0.15) is 11.6 Å². The highest BCUT2D eigenvalue weighted by atomic mass is 19.3. The van der Waals surface area contributed by atoms with Gasteiger partial charge in [-0.25, -0.2) is 8.78 Å². The lowest BCUT2D eigenvalue weighted by Crippen LogP contribution is -2.61. The third-order valence-electron chi connectivity index (χ3n) is 6.87. The van der Waals surface area contributed by atoms with Crippen molar-refractivity contribution in [3.63, 3.8) is 0 Å². The summed E-state index contributed by atoms with van der Waals surface area (Å²) in [5, 5.41) is 5.27. The Morgan fingerprint density at radius 2 is 1.61 bits per heavy atom. The van der Waals surface area contributed by atoms with Crippen molar-refractivity contribution in [1.82, 2.24) is 10.2 Å². The van der Waals surface area contributed by atoms with Crippen LogP contribution in [0.1, 0.15) is 60.5 Å². The van der Waals surface area contributed by atoms with E-state index in [-0.39, 0.29) is 28.8 Å². The van der Waals surface area contributed by atoms with E-state index in [9.17, 15) is 23.2 Å². The molecule has 10 heteroatoms. The highest BCUT2D eigenvalue weighted by Crippen LogP contribution is 2.40. The number of hydrogen-bond acceptors (Lipinski definition) is 3. The molecule has 0 aromatic heterocycles. The third-order valence-corrected chi connectivity index (χ3v) is 6.87. The molecule has 0 spiro atoms. The highest BCUT2D eigenvalue weighted by Gasteiger charge is 2.52. The van der Waals surface area contributed by atoms with E-state index in [0.717, 1.165) is 29.5 Å². The van der Waals surface area contributed by atoms with Gasteiger partial charge < -0.3 is 15.5 Å². The summed E-state index contributed by atoms with van der Waals surface area (Å²) in [7, 11) is 0. The molecule has 3 amide bonds. The molecular formula is C26H27F4N3O3. The van der Waals surface area contributed by atoms with Crippen LogP contribution in [-0.4, -0.2) is 40.7 Å². The fourth-order valence-electron chi connectivity index (χ4n) is 5.23. The SMILES string of the molecule is CC(=O)N[C@H]1C[C@H]2CCC[C@@H](C1)N2C(=O)C(F)(F)c1cc(C(=O)Nc2ccc(F)c(C)c2)ccc1F. The van der Waals surface area contributed by atoms with E-state index >= 15 is 8.78 Å². The minimum Gasteiger partial charge on any atom is -0.353 e. The van der Waals surface area contributed by atoms with Crippen molar-refractivity contribution in [3.8, 4) is 0 Å². The number of nitrogens with one attached hydrogen (secondary N) is 2. The van der Waals surface area contributed by atoms with Crippen LogP contribution in [0.15, 0.2) is 36.4 Å². The molecule has 2 aliphatic rings. The summed E-state index contributed by atoms with van der Waals surface area (Å²) in [5.41, 5.74) is -0.942. The van der Waals surface area contributed by atoms with Gasteiger partial charge in [0.15, 0.2) is 0 Å². The van der Waals surface area contributed by atoms with Crippen molar-refractivity contribution >= 4 is 23.4 Å². The number of carbonyl (C=O) groups excluding carboxylic acids is 3. The summed E-state index contributed by atoms with van der Waals surface area (Å²) in [4.78, 5) is 38.4. The Bertz CT molecular complexity index is 1190. The van der Waals surface area contributed by atoms with Gasteiger partial charge in [-0.1, -0.05) is 0 Å². The zero-order chi connectivity index (χ0) is 26.2. The van der Waals surface area contributed by atoms with Gasteiger partial charge in [0.25, 0.3) is 11.8 Å². The molecule has 0 aliphatic carbocycles. The fraction of sp³-hybridized carbons (Fsp3) is 0.423.